The second-order valence-electron chi connectivity index (χ2n) is 7.11. The lowest BCUT2D eigenvalue weighted by Gasteiger charge is -2.17. The maximum atomic E-state index is 14.1. The highest BCUT2D eigenvalue weighted by Crippen LogP contribution is 2.37. The number of benzene rings is 1. The van der Waals surface area contributed by atoms with Gasteiger partial charge in [0.15, 0.2) is 5.82 Å². The second-order valence-corrected chi connectivity index (χ2v) is 7.11. The number of hydrogen-bond donors (Lipinski definition) is 2. The summed E-state index contributed by atoms with van der Waals surface area (Å²) >= 11 is 0. The maximum Gasteiger partial charge on any atom is 0.238 e. The summed E-state index contributed by atoms with van der Waals surface area (Å²) in [5, 5.41) is 23.8. The van der Waals surface area contributed by atoms with Gasteiger partial charge in [-0.1, -0.05) is 0 Å². The summed E-state index contributed by atoms with van der Waals surface area (Å²) in [7, 11) is 0. The Balaban J connectivity index is 1.42. The van der Waals surface area contributed by atoms with Crippen molar-refractivity contribution in [2.45, 2.75) is 25.9 Å². The summed E-state index contributed by atoms with van der Waals surface area (Å²) < 4.78 is 15.6. The van der Waals surface area contributed by atoms with Gasteiger partial charge in [-0.25, -0.2) is 4.39 Å². The fourth-order valence-corrected chi connectivity index (χ4v) is 4.06. The zero-order chi connectivity index (χ0) is 18.3. The number of fused-ring (bicyclic) bond motifs is 1. The van der Waals surface area contributed by atoms with E-state index in [0.29, 0.717) is 24.0 Å². The summed E-state index contributed by atoms with van der Waals surface area (Å²) in [6.45, 7) is 3.45. The Hall–Kier alpha value is -2.39. The number of rotatable bonds is 4. The fourth-order valence-electron chi connectivity index (χ4n) is 4.06. The van der Waals surface area contributed by atoms with E-state index < -0.39 is 5.82 Å². The van der Waals surface area contributed by atoms with Crippen LogP contribution in [0, 0.1) is 24.6 Å². The van der Waals surface area contributed by atoms with Crippen LogP contribution in [0.15, 0.2) is 18.2 Å². The monoisotopic (exact) mass is 360 g/mol. The number of halogens is 1. The van der Waals surface area contributed by atoms with E-state index in [-0.39, 0.29) is 30.2 Å². The first kappa shape index (κ1) is 17.0. The molecule has 1 saturated heterocycles. The molecule has 2 fully saturated rings. The number of nitrogens with zero attached hydrogens (tertiary/aromatic N) is 5. The molecule has 0 radical (unpaired) electrons. The highest BCUT2D eigenvalue weighted by atomic mass is 19.1. The molecule has 1 aliphatic carbocycles. The number of anilines is 1. The minimum absolute atomic E-state index is 0.0989. The predicted octanol–water partition coefficient (Wildman–Crippen LogP) is 0.751. The van der Waals surface area contributed by atoms with Crippen molar-refractivity contribution in [1.29, 1.82) is 0 Å². The lowest BCUT2D eigenvalue weighted by Crippen LogP contribution is -2.33. The molecule has 1 amide bonds. The van der Waals surface area contributed by atoms with E-state index in [1.165, 1.54) is 16.8 Å². The van der Waals surface area contributed by atoms with Gasteiger partial charge in [0.05, 0.1) is 24.0 Å². The number of aliphatic hydroxyl groups excluding tert-OH is 1. The van der Waals surface area contributed by atoms with Crippen molar-refractivity contribution in [3.63, 3.8) is 0 Å². The first-order valence-corrected chi connectivity index (χ1v) is 8.76. The molecule has 0 unspecified atom stereocenters. The van der Waals surface area contributed by atoms with Gasteiger partial charge in [0.2, 0.25) is 5.91 Å². The molecule has 1 aromatic heterocycles. The van der Waals surface area contributed by atoms with Crippen molar-refractivity contribution >= 4 is 11.6 Å². The highest BCUT2D eigenvalue weighted by Gasteiger charge is 2.42. The number of carbonyl (C=O) groups is 1. The second kappa shape index (κ2) is 6.73. The van der Waals surface area contributed by atoms with Gasteiger partial charge in [0, 0.05) is 19.0 Å². The average molecular weight is 360 g/mol. The third-order valence-corrected chi connectivity index (χ3v) is 5.36. The van der Waals surface area contributed by atoms with Gasteiger partial charge in [0.25, 0.3) is 0 Å². The number of aryl methyl sites for hydroxylation is 1. The Morgan fingerprint density at radius 3 is 2.96 bits per heavy atom. The number of nitrogens with one attached hydrogen (secondary N) is 1. The smallest absolute Gasteiger partial charge is 0.238 e. The molecule has 8 nitrogen and oxygen atoms in total. The van der Waals surface area contributed by atoms with Gasteiger partial charge in [-0.3, -0.25) is 9.69 Å². The van der Waals surface area contributed by atoms with Crippen molar-refractivity contribution in [2.75, 3.05) is 25.0 Å². The predicted molar refractivity (Wildman–Crippen MR) is 91.1 cm³/mol. The zero-order valence-corrected chi connectivity index (χ0v) is 14.5. The molecule has 0 bridgehead atoms. The molecule has 0 spiro atoms. The largest absolute Gasteiger partial charge is 0.393 e. The highest BCUT2D eigenvalue weighted by molar-refractivity contribution is 5.92. The van der Waals surface area contributed by atoms with Crippen LogP contribution in [-0.4, -0.2) is 61.9 Å². The number of tetrazole rings is 1. The van der Waals surface area contributed by atoms with Crippen molar-refractivity contribution < 1.29 is 14.3 Å². The van der Waals surface area contributed by atoms with E-state index in [0.717, 1.165) is 19.4 Å². The molecule has 2 heterocycles. The molecular formula is C17H21FN6O2. The number of amides is 1. The van der Waals surface area contributed by atoms with E-state index in [1.54, 1.807) is 13.0 Å². The molecule has 1 aromatic carbocycles. The maximum absolute atomic E-state index is 14.1. The number of aliphatic hydroxyl groups is 1. The SMILES string of the molecule is Cc1nnnn1-c1ccc(F)c(NC(=O)CN2C[C@@H]3CC[C@H](O)[C@@H]3C2)c1. The minimum atomic E-state index is -0.512. The normalized spacial score (nSPS) is 25.4. The minimum Gasteiger partial charge on any atom is -0.393 e. The van der Waals surface area contributed by atoms with Crippen LogP contribution in [-0.2, 0) is 4.79 Å². The molecule has 138 valence electrons. The molecule has 4 rings (SSSR count). The topological polar surface area (TPSA) is 96.2 Å². The third kappa shape index (κ3) is 3.19. The van der Waals surface area contributed by atoms with Crippen molar-refractivity contribution in [1.82, 2.24) is 25.1 Å². The van der Waals surface area contributed by atoms with Crippen LogP contribution >= 0.6 is 0 Å². The number of carbonyl (C=O) groups excluding carboxylic acids is 1. The molecular weight excluding hydrogens is 339 g/mol. The number of likely N-dealkylation sites (tertiary alicyclic amines) is 1. The van der Waals surface area contributed by atoms with Gasteiger partial charge in [-0.05, 0) is 54.3 Å². The van der Waals surface area contributed by atoms with Crippen molar-refractivity contribution in [2.24, 2.45) is 11.8 Å². The van der Waals surface area contributed by atoms with Gasteiger partial charge in [0.1, 0.15) is 5.82 Å². The van der Waals surface area contributed by atoms with Crippen LogP contribution in [0.3, 0.4) is 0 Å². The van der Waals surface area contributed by atoms with E-state index in [9.17, 15) is 14.3 Å². The summed E-state index contributed by atoms with van der Waals surface area (Å²) in [6, 6.07) is 4.35. The molecule has 1 saturated carbocycles. The Labute approximate surface area is 150 Å². The summed E-state index contributed by atoms with van der Waals surface area (Å²) in [6.07, 6.45) is 1.59. The summed E-state index contributed by atoms with van der Waals surface area (Å²) in [5.74, 6) is 0.493. The summed E-state index contributed by atoms with van der Waals surface area (Å²) in [4.78, 5) is 14.4. The average Bonchev–Trinajstić information content (AvgIpc) is 3.28. The Bertz CT molecular complexity index is 825. The quantitative estimate of drug-likeness (QED) is 0.835. The van der Waals surface area contributed by atoms with Gasteiger partial charge in [-0.15, -0.1) is 5.10 Å². The molecule has 2 aromatic rings. The molecule has 9 heteroatoms. The number of hydrogen-bond acceptors (Lipinski definition) is 6. The Morgan fingerprint density at radius 1 is 1.38 bits per heavy atom. The van der Waals surface area contributed by atoms with Crippen LogP contribution in [0.2, 0.25) is 0 Å². The van der Waals surface area contributed by atoms with Gasteiger partial charge >= 0.3 is 0 Å². The van der Waals surface area contributed by atoms with Gasteiger partial charge < -0.3 is 10.4 Å². The molecule has 2 aliphatic rings. The van der Waals surface area contributed by atoms with Gasteiger partial charge in [-0.2, -0.15) is 4.68 Å². The van der Waals surface area contributed by atoms with Crippen LogP contribution < -0.4 is 5.32 Å². The molecule has 26 heavy (non-hydrogen) atoms. The van der Waals surface area contributed by atoms with Crippen LogP contribution in [0.5, 0.6) is 0 Å². The number of aromatic nitrogens is 4. The van der Waals surface area contributed by atoms with Crippen molar-refractivity contribution in [3.8, 4) is 5.69 Å². The van der Waals surface area contributed by atoms with E-state index >= 15 is 0 Å². The van der Waals surface area contributed by atoms with Crippen LogP contribution in [0.4, 0.5) is 10.1 Å². The summed E-state index contributed by atoms with van der Waals surface area (Å²) in [5.41, 5.74) is 0.671. The third-order valence-electron chi connectivity index (χ3n) is 5.36. The van der Waals surface area contributed by atoms with Crippen LogP contribution in [0.25, 0.3) is 5.69 Å². The van der Waals surface area contributed by atoms with E-state index in [2.05, 4.69) is 20.8 Å². The lowest BCUT2D eigenvalue weighted by atomic mass is 10.00. The molecule has 3 atom stereocenters. The Kier molecular flexibility index (Phi) is 4.41. The van der Waals surface area contributed by atoms with E-state index in [4.69, 9.17) is 0 Å². The molecule has 2 N–H and O–H groups in total. The van der Waals surface area contributed by atoms with Crippen molar-refractivity contribution in [3.05, 3.63) is 29.8 Å². The lowest BCUT2D eigenvalue weighted by molar-refractivity contribution is -0.117. The first-order valence-electron chi connectivity index (χ1n) is 8.76. The van der Waals surface area contributed by atoms with E-state index in [1.807, 2.05) is 4.90 Å². The fraction of sp³-hybridized carbons (Fsp3) is 0.529. The van der Waals surface area contributed by atoms with Crippen LogP contribution in [0.1, 0.15) is 18.7 Å². The standard InChI is InChI=1S/C17H21FN6O2/c1-10-20-21-22-24(10)12-3-4-14(18)15(6-12)19-17(26)9-23-7-11-2-5-16(25)13(11)8-23/h3-4,6,11,13,16,25H,2,5,7-9H2,1H3,(H,19,26)/t11-,13+,16-/m0/s1. The Morgan fingerprint density at radius 2 is 2.23 bits per heavy atom. The first-order chi connectivity index (χ1) is 12.5. The zero-order valence-electron chi connectivity index (χ0n) is 14.5. The molecule has 1 aliphatic heterocycles.